The van der Waals surface area contributed by atoms with E-state index in [2.05, 4.69) is 36.8 Å². The van der Waals surface area contributed by atoms with Crippen LogP contribution in [-0.4, -0.2) is 4.98 Å². The maximum absolute atomic E-state index is 12.4. The van der Waals surface area contributed by atoms with Crippen LogP contribution in [0.5, 0.6) is 0 Å². The molecule has 0 aliphatic carbocycles. The minimum atomic E-state index is -2.62. The van der Waals surface area contributed by atoms with Crippen LogP contribution >= 0.6 is 31.9 Å². The highest BCUT2D eigenvalue weighted by Gasteiger charge is 2.16. The van der Waals surface area contributed by atoms with E-state index in [1.165, 1.54) is 0 Å². The molecule has 1 aromatic heterocycles. The van der Waals surface area contributed by atoms with E-state index in [0.29, 0.717) is 11.0 Å². The Morgan fingerprint density at radius 1 is 1.54 bits per heavy atom. The van der Waals surface area contributed by atoms with Crippen molar-refractivity contribution in [3.05, 3.63) is 21.9 Å². The molecule has 0 saturated heterocycles. The van der Waals surface area contributed by atoms with E-state index in [9.17, 15) is 8.78 Å². The molecular weight excluding hydrogens is 310 g/mol. The van der Waals surface area contributed by atoms with Crippen LogP contribution in [0.4, 0.5) is 14.5 Å². The average molecular weight is 316 g/mol. The second-order valence-corrected chi connectivity index (χ2v) is 3.69. The normalized spacial score (nSPS) is 10.8. The van der Waals surface area contributed by atoms with Gasteiger partial charge in [-0.3, -0.25) is 0 Å². The van der Waals surface area contributed by atoms with Gasteiger partial charge in [-0.2, -0.15) is 0 Å². The minimum Gasteiger partial charge on any atom is -0.398 e. The van der Waals surface area contributed by atoms with Crippen molar-refractivity contribution < 1.29 is 8.78 Å². The molecule has 2 N–H and O–H groups in total. The zero-order valence-electron chi connectivity index (χ0n) is 6.40. The molecule has 1 rings (SSSR count). The molecule has 1 aromatic rings. The van der Waals surface area contributed by atoms with E-state index in [1.807, 2.05) is 0 Å². The van der Waals surface area contributed by atoms with Crippen molar-refractivity contribution in [2.45, 2.75) is 11.8 Å². The van der Waals surface area contributed by atoms with Crippen molar-refractivity contribution in [3.63, 3.8) is 0 Å². The molecule has 0 spiro atoms. The first-order valence-electron chi connectivity index (χ1n) is 3.35. The summed E-state index contributed by atoms with van der Waals surface area (Å²) in [4.78, 5) is 3.73. The third-order valence-corrected chi connectivity index (χ3v) is 2.85. The van der Waals surface area contributed by atoms with Gasteiger partial charge >= 0.3 is 0 Å². The number of alkyl halides is 3. The molecule has 0 atom stereocenters. The summed E-state index contributed by atoms with van der Waals surface area (Å²) >= 11 is 6.08. The molecule has 0 amide bonds. The second-order valence-electron chi connectivity index (χ2n) is 2.34. The molecule has 13 heavy (non-hydrogen) atoms. The van der Waals surface area contributed by atoms with Gasteiger partial charge in [0.25, 0.3) is 6.43 Å². The highest BCUT2D eigenvalue weighted by atomic mass is 79.9. The lowest BCUT2D eigenvalue weighted by Crippen LogP contribution is -2.00. The van der Waals surface area contributed by atoms with E-state index in [4.69, 9.17) is 5.73 Å². The first kappa shape index (κ1) is 10.8. The third kappa shape index (κ3) is 2.37. The fourth-order valence-corrected chi connectivity index (χ4v) is 1.50. The van der Waals surface area contributed by atoms with Crippen LogP contribution in [0.2, 0.25) is 0 Å². The molecular formula is C7H6Br2F2N2. The standard InChI is InChI=1S/C7H6Br2F2N2/c8-2-3-1-4(12)5(9)6(13-3)7(10)11/h1,7H,2H2,(H2,12,13). The van der Waals surface area contributed by atoms with E-state index in [-0.39, 0.29) is 15.9 Å². The zero-order valence-corrected chi connectivity index (χ0v) is 9.57. The summed E-state index contributed by atoms with van der Waals surface area (Å²) in [5.74, 6) is 0. The summed E-state index contributed by atoms with van der Waals surface area (Å²) in [6.07, 6.45) is -2.62. The summed E-state index contributed by atoms with van der Waals surface area (Å²) in [7, 11) is 0. The smallest absolute Gasteiger partial charge is 0.281 e. The fraction of sp³-hybridized carbons (Fsp3) is 0.286. The van der Waals surface area contributed by atoms with Crippen LogP contribution in [0, 0.1) is 0 Å². The Morgan fingerprint density at radius 2 is 2.15 bits per heavy atom. The van der Waals surface area contributed by atoms with Crippen LogP contribution in [-0.2, 0) is 5.33 Å². The van der Waals surface area contributed by atoms with E-state index >= 15 is 0 Å². The molecule has 0 saturated carbocycles. The van der Waals surface area contributed by atoms with Crippen LogP contribution in [0.15, 0.2) is 10.5 Å². The lowest BCUT2D eigenvalue weighted by Gasteiger charge is -2.07. The second kappa shape index (κ2) is 4.32. The molecule has 2 nitrogen and oxygen atoms in total. The number of hydrogen-bond acceptors (Lipinski definition) is 2. The molecule has 0 fully saturated rings. The SMILES string of the molecule is Nc1cc(CBr)nc(C(F)F)c1Br. The topological polar surface area (TPSA) is 38.9 Å². The Morgan fingerprint density at radius 3 is 2.62 bits per heavy atom. The van der Waals surface area contributed by atoms with Crippen molar-refractivity contribution >= 4 is 37.5 Å². The van der Waals surface area contributed by atoms with Crippen LogP contribution in [0.25, 0.3) is 0 Å². The Kier molecular flexibility index (Phi) is 3.61. The van der Waals surface area contributed by atoms with Gasteiger partial charge in [0, 0.05) is 11.0 Å². The van der Waals surface area contributed by atoms with Crippen molar-refractivity contribution in [3.8, 4) is 0 Å². The van der Waals surface area contributed by atoms with Crippen LogP contribution in [0.3, 0.4) is 0 Å². The maximum Gasteiger partial charge on any atom is 0.281 e. The Labute approximate surface area is 90.8 Å². The molecule has 0 bridgehead atoms. The quantitative estimate of drug-likeness (QED) is 0.851. The van der Waals surface area contributed by atoms with Gasteiger partial charge in [-0.05, 0) is 22.0 Å². The summed E-state index contributed by atoms with van der Waals surface area (Å²) in [5.41, 5.74) is 5.96. The molecule has 6 heteroatoms. The first-order valence-corrected chi connectivity index (χ1v) is 5.26. The Hall–Kier alpha value is -0.230. The van der Waals surface area contributed by atoms with Gasteiger partial charge in [0.1, 0.15) is 5.69 Å². The van der Waals surface area contributed by atoms with Gasteiger partial charge in [0.2, 0.25) is 0 Å². The van der Waals surface area contributed by atoms with Gasteiger partial charge in [0.05, 0.1) is 10.2 Å². The lowest BCUT2D eigenvalue weighted by molar-refractivity contribution is 0.145. The predicted molar refractivity (Wildman–Crippen MR) is 53.9 cm³/mol. The molecule has 0 unspecified atom stereocenters. The van der Waals surface area contributed by atoms with Crippen molar-refractivity contribution in [2.24, 2.45) is 0 Å². The third-order valence-electron chi connectivity index (χ3n) is 1.41. The van der Waals surface area contributed by atoms with Gasteiger partial charge in [-0.15, -0.1) is 0 Å². The number of anilines is 1. The molecule has 0 aliphatic rings. The molecule has 0 aliphatic heterocycles. The van der Waals surface area contributed by atoms with Crippen molar-refractivity contribution in [1.29, 1.82) is 0 Å². The van der Waals surface area contributed by atoms with Crippen molar-refractivity contribution in [2.75, 3.05) is 5.73 Å². The number of nitrogens with zero attached hydrogens (tertiary/aromatic N) is 1. The van der Waals surface area contributed by atoms with Gasteiger partial charge < -0.3 is 5.73 Å². The van der Waals surface area contributed by atoms with E-state index in [1.54, 1.807) is 6.07 Å². The molecule has 72 valence electrons. The van der Waals surface area contributed by atoms with Gasteiger partial charge in [-0.1, -0.05) is 15.9 Å². The van der Waals surface area contributed by atoms with Gasteiger partial charge in [-0.25, -0.2) is 13.8 Å². The monoisotopic (exact) mass is 314 g/mol. The minimum absolute atomic E-state index is 0.173. The number of rotatable bonds is 2. The predicted octanol–water partition coefficient (Wildman–Crippen LogP) is 3.26. The summed E-state index contributed by atoms with van der Waals surface area (Å²) < 4.78 is 24.9. The zero-order chi connectivity index (χ0) is 10.0. The Bertz CT molecular complexity index is 318. The maximum atomic E-state index is 12.4. The number of hydrogen-bond donors (Lipinski definition) is 1. The number of aromatic nitrogens is 1. The van der Waals surface area contributed by atoms with Crippen LogP contribution < -0.4 is 5.73 Å². The number of nitrogens with two attached hydrogens (primary N) is 1. The van der Waals surface area contributed by atoms with Gasteiger partial charge in [0.15, 0.2) is 0 Å². The Balaban J connectivity index is 3.25. The van der Waals surface area contributed by atoms with E-state index in [0.717, 1.165) is 0 Å². The largest absolute Gasteiger partial charge is 0.398 e. The van der Waals surface area contributed by atoms with Crippen LogP contribution in [0.1, 0.15) is 17.8 Å². The average Bonchev–Trinajstić information content (AvgIpc) is 2.09. The fourth-order valence-electron chi connectivity index (χ4n) is 0.840. The number of pyridine rings is 1. The summed E-state index contributed by atoms with van der Waals surface area (Å²) in [6.45, 7) is 0. The van der Waals surface area contributed by atoms with E-state index < -0.39 is 6.43 Å². The van der Waals surface area contributed by atoms with Crippen molar-refractivity contribution in [1.82, 2.24) is 4.98 Å². The molecule has 1 heterocycles. The summed E-state index contributed by atoms with van der Waals surface area (Å²) in [5, 5.41) is 0.407. The number of halogens is 4. The summed E-state index contributed by atoms with van der Waals surface area (Å²) in [6, 6.07) is 1.55. The highest BCUT2D eigenvalue weighted by molar-refractivity contribution is 9.10. The number of nitrogen functional groups attached to an aromatic ring is 1. The highest BCUT2D eigenvalue weighted by Crippen LogP contribution is 2.30. The molecule has 0 radical (unpaired) electrons. The first-order chi connectivity index (χ1) is 6.06. The lowest BCUT2D eigenvalue weighted by atomic mass is 10.3. The molecule has 0 aromatic carbocycles.